The molecule has 6 heteroatoms. The third-order valence-corrected chi connectivity index (χ3v) is 7.49. The fraction of sp³-hybridized carbons (Fsp3) is 0.435. The molecule has 0 bridgehead atoms. The highest BCUT2D eigenvalue weighted by Gasteiger charge is 2.35. The number of rotatable bonds is 8. The molecule has 0 saturated heterocycles. The number of hydrogen-bond acceptors (Lipinski definition) is 3. The predicted octanol–water partition coefficient (Wildman–Crippen LogP) is 4.54. The third kappa shape index (κ3) is 4.38. The first-order valence-corrected chi connectivity index (χ1v) is 11.9. The number of hydrogen-bond donors (Lipinski definition) is 1. The minimum atomic E-state index is -3.16. The number of nitrogens with zero attached hydrogens (tertiary/aromatic N) is 2. The van der Waals surface area contributed by atoms with Gasteiger partial charge in [-0.15, -0.1) is 0 Å². The van der Waals surface area contributed by atoms with E-state index in [1.807, 2.05) is 24.5 Å². The second-order valence-corrected chi connectivity index (χ2v) is 10.6. The molecule has 2 aromatic heterocycles. The van der Waals surface area contributed by atoms with Gasteiger partial charge < -0.3 is 4.57 Å². The lowest BCUT2D eigenvalue weighted by Crippen LogP contribution is -2.30. The van der Waals surface area contributed by atoms with Crippen molar-refractivity contribution in [1.82, 2.24) is 14.3 Å². The van der Waals surface area contributed by atoms with Crippen LogP contribution in [0.3, 0.4) is 0 Å². The average molecular weight is 412 g/mol. The Hall–Kier alpha value is -2.18. The molecule has 0 spiro atoms. The summed E-state index contributed by atoms with van der Waals surface area (Å²) in [7, 11) is -3.16. The molecule has 154 valence electrons. The highest BCUT2D eigenvalue weighted by atomic mass is 32.2. The molecule has 1 N–H and O–H groups in total. The summed E-state index contributed by atoms with van der Waals surface area (Å²) in [5.41, 5.74) is 4.70. The fourth-order valence-electron chi connectivity index (χ4n) is 3.83. The van der Waals surface area contributed by atoms with Crippen molar-refractivity contribution in [3.8, 4) is 11.1 Å². The molecule has 1 atom stereocenters. The average Bonchev–Trinajstić information content (AvgIpc) is 3.51. The maximum atomic E-state index is 12.2. The van der Waals surface area contributed by atoms with Gasteiger partial charge in [0.2, 0.25) is 10.0 Å². The lowest BCUT2D eigenvalue weighted by atomic mass is 9.98. The van der Waals surface area contributed by atoms with Crippen molar-refractivity contribution in [1.29, 1.82) is 0 Å². The summed E-state index contributed by atoms with van der Waals surface area (Å²) in [5, 5.41) is 1.02. The lowest BCUT2D eigenvalue weighted by Gasteiger charge is -2.12. The van der Waals surface area contributed by atoms with Crippen molar-refractivity contribution >= 4 is 20.9 Å². The molecule has 5 nitrogen and oxygen atoms in total. The normalized spacial score (nSPS) is 15.9. The molecule has 1 aromatic carbocycles. The third-order valence-electron chi connectivity index (χ3n) is 5.57. The molecule has 0 aliphatic heterocycles. The van der Waals surface area contributed by atoms with Crippen molar-refractivity contribution in [2.45, 2.75) is 51.3 Å². The van der Waals surface area contributed by atoms with Gasteiger partial charge in [0.05, 0.1) is 5.25 Å². The topological polar surface area (TPSA) is 64.0 Å². The van der Waals surface area contributed by atoms with Crippen LogP contribution >= 0.6 is 0 Å². The van der Waals surface area contributed by atoms with Gasteiger partial charge in [0.15, 0.2) is 0 Å². The lowest BCUT2D eigenvalue weighted by molar-refractivity contribution is 0.533. The van der Waals surface area contributed by atoms with Gasteiger partial charge >= 0.3 is 0 Å². The number of fused-ring (bicyclic) bond motifs is 1. The van der Waals surface area contributed by atoms with Gasteiger partial charge in [0.1, 0.15) is 0 Å². The molecule has 0 amide bonds. The smallest absolute Gasteiger partial charge is 0.214 e. The van der Waals surface area contributed by atoms with E-state index >= 15 is 0 Å². The summed E-state index contributed by atoms with van der Waals surface area (Å²) in [5.74, 6) is 0.623. The summed E-state index contributed by atoms with van der Waals surface area (Å²) in [6.07, 6.45) is 7.40. The molecule has 1 aliphatic rings. The molecule has 0 radical (unpaired) electrons. The zero-order valence-electron chi connectivity index (χ0n) is 17.3. The molecule has 2 heterocycles. The number of nitrogens with one attached hydrogen (secondary N) is 1. The highest BCUT2D eigenvalue weighted by Crippen LogP contribution is 2.33. The Morgan fingerprint density at radius 2 is 1.83 bits per heavy atom. The molecule has 3 aromatic rings. The molecule has 29 heavy (non-hydrogen) atoms. The van der Waals surface area contributed by atoms with E-state index < -0.39 is 10.0 Å². The Morgan fingerprint density at radius 1 is 1.10 bits per heavy atom. The molecular formula is C23H29N3O2S. The summed E-state index contributed by atoms with van der Waals surface area (Å²) in [6, 6.07) is 10.6. The van der Waals surface area contributed by atoms with E-state index in [-0.39, 0.29) is 11.2 Å². The largest absolute Gasteiger partial charge is 0.347 e. The van der Waals surface area contributed by atoms with E-state index in [0.29, 0.717) is 12.5 Å². The zero-order chi connectivity index (χ0) is 20.6. The van der Waals surface area contributed by atoms with Gasteiger partial charge in [-0.1, -0.05) is 32.9 Å². The van der Waals surface area contributed by atoms with E-state index in [4.69, 9.17) is 0 Å². The maximum Gasteiger partial charge on any atom is 0.214 e. The van der Waals surface area contributed by atoms with Crippen molar-refractivity contribution in [2.24, 2.45) is 5.92 Å². The first-order chi connectivity index (χ1) is 13.8. The number of aromatic nitrogens is 2. The summed E-state index contributed by atoms with van der Waals surface area (Å²) in [4.78, 5) is 4.11. The first-order valence-electron chi connectivity index (χ1n) is 10.4. The Morgan fingerprint density at radius 3 is 2.48 bits per heavy atom. The summed E-state index contributed by atoms with van der Waals surface area (Å²) >= 11 is 0. The minimum absolute atomic E-state index is 0.103. The van der Waals surface area contributed by atoms with Crippen molar-refractivity contribution < 1.29 is 8.42 Å². The van der Waals surface area contributed by atoms with Crippen LogP contribution in [0.2, 0.25) is 0 Å². The van der Waals surface area contributed by atoms with Crippen molar-refractivity contribution in [3.05, 3.63) is 54.5 Å². The molecule has 4 rings (SSSR count). The van der Waals surface area contributed by atoms with Gasteiger partial charge in [-0.25, -0.2) is 13.1 Å². The Balaban J connectivity index is 1.68. The van der Waals surface area contributed by atoms with Crippen LogP contribution in [0.25, 0.3) is 22.0 Å². The second-order valence-electron chi connectivity index (χ2n) is 8.59. The van der Waals surface area contributed by atoms with Crippen LogP contribution in [0.4, 0.5) is 0 Å². The van der Waals surface area contributed by atoms with Crippen molar-refractivity contribution in [2.75, 3.05) is 6.54 Å². The molecular weight excluding hydrogens is 382 g/mol. The second kappa shape index (κ2) is 7.92. The Kier molecular flexibility index (Phi) is 5.49. The van der Waals surface area contributed by atoms with E-state index in [1.54, 1.807) is 0 Å². The van der Waals surface area contributed by atoms with Crippen molar-refractivity contribution in [3.63, 3.8) is 0 Å². The quantitative estimate of drug-likeness (QED) is 0.592. The van der Waals surface area contributed by atoms with Gasteiger partial charge in [-0.3, -0.25) is 4.98 Å². The SMILES string of the molecule is CC(C)Cn1cc(C(C)CNS(=O)(=O)C2CC2)c2ccc(-c3ccncc3)cc21. The van der Waals surface area contributed by atoms with Crippen LogP contribution < -0.4 is 4.72 Å². The van der Waals surface area contributed by atoms with Crippen LogP contribution in [0, 0.1) is 5.92 Å². The van der Waals surface area contributed by atoms with E-state index in [1.165, 1.54) is 16.5 Å². The van der Waals surface area contributed by atoms with Gasteiger partial charge in [0, 0.05) is 42.6 Å². The van der Waals surface area contributed by atoms with Crippen LogP contribution in [-0.4, -0.2) is 29.8 Å². The van der Waals surface area contributed by atoms with Crippen LogP contribution in [-0.2, 0) is 16.6 Å². The molecule has 1 fully saturated rings. The summed E-state index contributed by atoms with van der Waals surface area (Å²) < 4.78 is 29.6. The highest BCUT2D eigenvalue weighted by molar-refractivity contribution is 7.90. The van der Waals surface area contributed by atoms with E-state index in [2.05, 4.69) is 59.4 Å². The fourth-order valence-corrected chi connectivity index (χ4v) is 5.30. The van der Waals surface area contributed by atoms with E-state index in [9.17, 15) is 8.42 Å². The predicted molar refractivity (Wildman–Crippen MR) is 118 cm³/mol. The Bertz CT molecular complexity index is 1100. The summed E-state index contributed by atoms with van der Waals surface area (Å²) in [6.45, 7) is 7.89. The number of sulfonamides is 1. The molecule has 1 saturated carbocycles. The standard InChI is InChI=1S/C23H29N3O2S/c1-16(2)14-26-15-22(17(3)13-25-29(27,28)20-5-6-20)21-7-4-19(12-23(21)26)18-8-10-24-11-9-18/h4,7-12,15-17,20,25H,5-6,13-14H2,1-3H3. The first kappa shape index (κ1) is 20.1. The van der Waals surface area contributed by atoms with Gasteiger partial charge in [-0.2, -0.15) is 0 Å². The number of pyridine rings is 1. The van der Waals surface area contributed by atoms with Gasteiger partial charge in [0.25, 0.3) is 0 Å². The minimum Gasteiger partial charge on any atom is -0.347 e. The Labute approximate surface area is 173 Å². The van der Waals surface area contributed by atoms with E-state index in [0.717, 1.165) is 30.5 Å². The van der Waals surface area contributed by atoms with Crippen LogP contribution in [0.1, 0.15) is 45.1 Å². The molecule has 1 aliphatic carbocycles. The zero-order valence-corrected chi connectivity index (χ0v) is 18.1. The number of benzene rings is 1. The monoisotopic (exact) mass is 411 g/mol. The maximum absolute atomic E-state index is 12.2. The van der Waals surface area contributed by atoms with Crippen LogP contribution in [0.5, 0.6) is 0 Å². The van der Waals surface area contributed by atoms with Gasteiger partial charge in [-0.05, 0) is 59.6 Å². The molecule has 1 unspecified atom stereocenters. The van der Waals surface area contributed by atoms with Crippen LogP contribution in [0.15, 0.2) is 48.9 Å².